The lowest BCUT2D eigenvalue weighted by Crippen LogP contribution is -2.38. The number of benzene rings is 17. The first-order valence-electron chi connectivity index (χ1n) is 35.9. The number of hydrogen-bond donors (Lipinski definition) is 0. The van der Waals surface area contributed by atoms with Crippen LogP contribution in [0.2, 0.25) is 0 Å². The molecule has 3 aliphatic rings. The third kappa shape index (κ3) is 8.68. The predicted molar refractivity (Wildman–Crippen MR) is 428 cm³/mol. The highest BCUT2D eigenvalue weighted by Gasteiger charge is 2.51. The summed E-state index contributed by atoms with van der Waals surface area (Å²) < 4.78 is 0. The molecule has 0 amide bonds. The van der Waals surface area contributed by atoms with Gasteiger partial charge in [-0.2, -0.15) is 0 Å². The summed E-state index contributed by atoms with van der Waals surface area (Å²) >= 11 is 0. The maximum Gasteiger partial charge on any atom is 0.0742 e. The molecule has 0 aromatic heterocycles. The molecule has 0 fully saturated rings. The van der Waals surface area contributed by atoms with Gasteiger partial charge in [0.25, 0.3) is 0 Å². The van der Waals surface area contributed by atoms with Gasteiger partial charge in [0.05, 0.1) is 39.0 Å². The molecule has 0 spiro atoms. The van der Waals surface area contributed by atoms with Crippen molar-refractivity contribution >= 4 is 55.7 Å². The van der Waals surface area contributed by atoms with Crippen molar-refractivity contribution in [1.82, 2.24) is 0 Å². The number of hydrogen-bond acceptors (Lipinski definition) is 2. The third-order valence-electron chi connectivity index (χ3n) is 22.7. The lowest BCUT2D eigenvalue weighted by molar-refractivity contribution is 0.731. The molecule has 482 valence electrons. The van der Waals surface area contributed by atoms with Crippen LogP contribution in [-0.2, 0) is 16.2 Å². The highest BCUT2D eigenvalue weighted by atomic mass is 15.2. The van der Waals surface area contributed by atoms with Crippen LogP contribution >= 0.6 is 0 Å². The van der Waals surface area contributed by atoms with Gasteiger partial charge in [-0.05, 0) is 164 Å². The Kier molecular flexibility index (Phi) is 14.0. The van der Waals surface area contributed by atoms with Crippen molar-refractivity contribution in [3.63, 3.8) is 0 Å². The first-order chi connectivity index (χ1) is 51.2. The van der Waals surface area contributed by atoms with Gasteiger partial charge in [-0.3, -0.25) is 0 Å². The average Bonchev–Trinajstić information content (AvgIpc) is 1.64. The van der Waals surface area contributed by atoms with E-state index < -0.39 is 16.2 Å². The molecule has 2 heteroatoms. The van der Waals surface area contributed by atoms with E-state index in [1.54, 1.807) is 0 Å². The zero-order valence-corrected chi connectivity index (χ0v) is 56.7. The minimum absolute atomic E-state index is 0.629. The predicted octanol–water partition coefficient (Wildman–Crippen LogP) is 25.7. The van der Waals surface area contributed by atoms with E-state index in [-0.39, 0.29) is 0 Å². The smallest absolute Gasteiger partial charge is 0.0742 e. The van der Waals surface area contributed by atoms with E-state index in [0.29, 0.717) is 0 Å². The summed E-state index contributed by atoms with van der Waals surface area (Å²) in [5.74, 6) is 0. The van der Waals surface area contributed by atoms with Gasteiger partial charge in [0.2, 0.25) is 0 Å². The van der Waals surface area contributed by atoms with Crippen molar-refractivity contribution in [1.29, 1.82) is 0 Å². The molecule has 0 atom stereocenters. The van der Waals surface area contributed by atoms with Gasteiger partial charge in [0.15, 0.2) is 0 Å². The van der Waals surface area contributed by atoms with Crippen LogP contribution in [0.1, 0.15) is 66.8 Å². The molecule has 103 heavy (non-hydrogen) atoms. The Morgan fingerprint density at radius 1 is 0.165 bits per heavy atom. The number of fused-ring (bicyclic) bond motifs is 9. The van der Waals surface area contributed by atoms with Gasteiger partial charge in [-0.15, -0.1) is 0 Å². The topological polar surface area (TPSA) is 6.48 Å². The highest BCUT2D eigenvalue weighted by Crippen LogP contribution is 2.65. The van der Waals surface area contributed by atoms with Crippen LogP contribution in [0.4, 0.5) is 34.1 Å². The van der Waals surface area contributed by atoms with E-state index in [1.165, 1.54) is 99.8 Å². The molecule has 2 aliphatic heterocycles. The van der Waals surface area contributed by atoms with E-state index in [2.05, 4.69) is 422 Å². The Morgan fingerprint density at radius 3 is 0.825 bits per heavy atom. The SMILES string of the molecule is c1ccc(N2c3ccccc3C(c3ccccc3)(c3ccccc3)c3cccc(-c4cccc5c(-c6cccc7c6-c6ccccc6C7(c6ccccc6)c6ccccc6)c6cccc(-c7cccc8c7N(c7ccccc7)c7ccccc7C8(c7ccccc7)c7ccccc7)c6cc45)c32)cc1. The monoisotopic (exact) mass is 1310 g/mol. The lowest BCUT2D eigenvalue weighted by atomic mass is 9.62. The van der Waals surface area contributed by atoms with E-state index in [9.17, 15) is 0 Å². The Balaban J connectivity index is 0.950. The fourth-order valence-electron chi connectivity index (χ4n) is 18.8. The van der Waals surface area contributed by atoms with Crippen molar-refractivity contribution in [2.24, 2.45) is 0 Å². The standard InChI is InChI=1S/C101H68N2/c1-9-36-69(37-10-1)99(70-38-11-2-12-39-70)87-60-26-25-52-83(87)96-84(59-35-63-90(96)99)95-79-55-31-53-77(81-57-33-64-91-97(81)102(75-48-21-7-22-49-75)93-66-29-27-61-88(93)100(91,71-40-13-3-14-41-71)72-42-15-4-16-43-72)85(79)68-86-78(54-32-56-80(86)95)82-58-34-65-92-98(82)103(76-50-23-8-24-51-76)94-67-30-28-62-89(94)101(92,73-44-17-5-18-45-73)74-46-19-6-20-47-74/h1-68H. The van der Waals surface area contributed by atoms with E-state index >= 15 is 0 Å². The molecule has 2 nitrogen and oxygen atoms in total. The van der Waals surface area contributed by atoms with Crippen LogP contribution in [0, 0.1) is 0 Å². The Labute approximate surface area is 601 Å². The molecule has 0 saturated heterocycles. The van der Waals surface area contributed by atoms with Gasteiger partial charge in [-0.1, -0.05) is 370 Å². The van der Waals surface area contributed by atoms with Crippen LogP contribution in [0.15, 0.2) is 413 Å². The lowest BCUT2D eigenvalue weighted by Gasteiger charge is -2.47. The summed E-state index contributed by atoms with van der Waals surface area (Å²) in [6, 6.07) is 155. The van der Waals surface area contributed by atoms with Crippen LogP contribution in [0.3, 0.4) is 0 Å². The quantitative estimate of drug-likeness (QED) is 0.119. The summed E-state index contributed by atoms with van der Waals surface area (Å²) in [5.41, 5.74) is 28.7. The Hall–Kier alpha value is -13.1. The van der Waals surface area contributed by atoms with Crippen LogP contribution in [-0.4, -0.2) is 0 Å². The molecule has 2 heterocycles. The summed E-state index contributed by atoms with van der Waals surface area (Å²) in [7, 11) is 0. The average molecular weight is 1310 g/mol. The number of para-hydroxylation sites is 6. The summed E-state index contributed by atoms with van der Waals surface area (Å²) in [5, 5.41) is 4.65. The van der Waals surface area contributed by atoms with Gasteiger partial charge < -0.3 is 9.80 Å². The Bertz CT molecular complexity index is 5690. The van der Waals surface area contributed by atoms with Crippen molar-refractivity contribution < 1.29 is 0 Å². The van der Waals surface area contributed by atoms with Gasteiger partial charge >= 0.3 is 0 Å². The second-order valence-electron chi connectivity index (χ2n) is 27.6. The van der Waals surface area contributed by atoms with Crippen molar-refractivity contribution in [3.05, 3.63) is 479 Å². The van der Waals surface area contributed by atoms with Gasteiger partial charge in [0.1, 0.15) is 0 Å². The zero-order chi connectivity index (χ0) is 68.1. The Morgan fingerprint density at radius 2 is 0.437 bits per heavy atom. The molecule has 17 aromatic carbocycles. The van der Waals surface area contributed by atoms with Crippen molar-refractivity contribution in [3.8, 4) is 44.5 Å². The molecule has 0 bridgehead atoms. The maximum absolute atomic E-state index is 2.57. The highest BCUT2D eigenvalue weighted by molar-refractivity contribution is 6.22. The van der Waals surface area contributed by atoms with Crippen molar-refractivity contribution in [2.45, 2.75) is 16.2 Å². The minimum Gasteiger partial charge on any atom is -0.309 e. The normalized spacial score (nSPS) is 14.0. The second kappa shape index (κ2) is 24.1. The zero-order valence-electron chi connectivity index (χ0n) is 56.7. The maximum atomic E-state index is 2.57. The fraction of sp³-hybridized carbons (Fsp3) is 0.0297. The fourth-order valence-corrected chi connectivity index (χ4v) is 18.8. The molecule has 0 radical (unpaired) electrons. The van der Waals surface area contributed by atoms with Gasteiger partial charge in [0, 0.05) is 22.5 Å². The van der Waals surface area contributed by atoms with E-state index in [4.69, 9.17) is 0 Å². The third-order valence-corrected chi connectivity index (χ3v) is 22.7. The number of nitrogens with zero attached hydrogens (tertiary/aromatic N) is 2. The molecule has 20 rings (SSSR count). The molecular formula is C101H68N2. The molecule has 0 saturated carbocycles. The van der Waals surface area contributed by atoms with E-state index in [0.717, 1.165) is 67.2 Å². The summed E-state index contributed by atoms with van der Waals surface area (Å²) in [6.45, 7) is 0. The van der Waals surface area contributed by atoms with Crippen LogP contribution in [0.5, 0.6) is 0 Å². The molecular weight excluding hydrogens is 1240 g/mol. The molecule has 0 unspecified atom stereocenters. The number of anilines is 6. The van der Waals surface area contributed by atoms with Crippen LogP contribution < -0.4 is 9.80 Å². The van der Waals surface area contributed by atoms with Gasteiger partial charge in [-0.25, -0.2) is 0 Å². The van der Waals surface area contributed by atoms with E-state index in [1.807, 2.05) is 0 Å². The second-order valence-corrected chi connectivity index (χ2v) is 27.6. The van der Waals surface area contributed by atoms with Crippen LogP contribution in [0.25, 0.3) is 66.1 Å². The largest absolute Gasteiger partial charge is 0.309 e. The molecule has 17 aromatic rings. The number of rotatable bonds is 11. The summed E-state index contributed by atoms with van der Waals surface area (Å²) in [4.78, 5) is 5.12. The van der Waals surface area contributed by atoms with Crippen molar-refractivity contribution in [2.75, 3.05) is 9.80 Å². The minimum atomic E-state index is -0.724. The molecule has 0 N–H and O–H groups in total. The first kappa shape index (κ1) is 59.9. The first-order valence-corrected chi connectivity index (χ1v) is 35.9. The summed E-state index contributed by atoms with van der Waals surface area (Å²) in [6.07, 6.45) is 0. The molecule has 1 aliphatic carbocycles.